The molecule has 0 spiro atoms. The normalized spacial score (nSPS) is 10.5. The molecule has 0 bridgehead atoms. The van der Waals surface area contributed by atoms with Gasteiger partial charge in [-0.05, 0) is 43.6 Å². The summed E-state index contributed by atoms with van der Waals surface area (Å²) in [6, 6.07) is 5.59. The van der Waals surface area contributed by atoms with Crippen LogP contribution in [0.2, 0.25) is 0 Å². The first-order valence-corrected chi connectivity index (χ1v) is 5.19. The third-order valence-corrected chi connectivity index (χ3v) is 2.30. The molecule has 1 aromatic carbocycles. The molecule has 0 aliphatic heterocycles. The average Bonchev–Trinajstić information content (AvgIpc) is 2.17. The Labute approximate surface area is 85.3 Å². The highest BCUT2D eigenvalue weighted by Gasteiger charge is 2.02. The molecule has 0 amide bonds. The lowest BCUT2D eigenvalue weighted by Gasteiger charge is -2.05. The van der Waals surface area contributed by atoms with Crippen LogP contribution in [0.4, 0.5) is 4.39 Å². The van der Waals surface area contributed by atoms with Crippen molar-refractivity contribution in [2.75, 3.05) is 13.6 Å². The first-order chi connectivity index (χ1) is 6.77. The Bertz CT molecular complexity index is 284. The van der Waals surface area contributed by atoms with Crippen LogP contribution in [0.25, 0.3) is 0 Å². The fourth-order valence-corrected chi connectivity index (χ4v) is 1.50. The Morgan fingerprint density at radius 1 is 1.29 bits per heavy atom. The van der Waals surface area contributed by atoms with Gasteiger partial charge in [0, 0.05) is 0 Å². The molecule has 0 unspecified atom stereocenters. The van der Waals surface area contributed by atoms with Gasteiger partial charge in [-0.3, -0.25) is 0 Å². The van der Waals surface area contributed by atoms with Gasteiger partial charge in [-0.25, -0.2) is 4.39 Å². The minimum Gasteiger partial charge on any atom is -0.319 e. The molecular formula is C12H18FN. The summed E-state index contributed by atoms with van der Waals surface area (Å²) in [5.41, 5.74) is 1.90. The van der Waals surface area contributed by atoms with Gasteiger partial charge in [0.2, 0.25) is 0 Å². The molecule has 0 aliphatic carbocycles. The highest BCUT2D eigenvalue weighted by atomic mass is 19.1. The van der Waals surface area contributed by atoms with E-state index in [2.05, 4.69) is 12.2 Å². The largest absolute Gasteiger partial charge is 0.319 e. The molecule has 0 radical (unpaired) electrons. The number of halogens is 1. The number of rotatable bonds is 5. The number of nitrogens with one attached hydrogen (secondary N) is 1. The quantitative estimate of drug-likeness (QED) is 0.761. The van der Waals surface area contributed by atoms with Crippen molar-refractivity contribution in [3.8, 4) is 0 Å². The maximum Gasteiger partial charge on any atom is 0.126 e. The van der Waals surface area contributed by atoms with E-state index in [0.29, 0.717) is 0 Å². The number of hydrogen-bond acceptors (Lipinski definition) is 1. The maximum absolute atomic E-state index is 13.5. The molecule has 0 atom stereocenters. The minimum absolute atomic E-state index is 0.0637. The molecule has 0 aromatic heterocycles. The molecule has 0 fully saturated rings. The maximum atomic E-state index is 13.5. The van der Waals surface area contributed by atoms with E-state index in [1.807, 2.05) is 19.2 Å². The predicted molar refractivity (Wildman–Crippen MR) is 58.0 cm³/mol. The lowest BCUT2D eigenvalue weighted by Crippen LogP contribution is -2.11. The summed E-state index contributed by atoms with van der Waals surface area (Å²) >= 11 is 0. The highest BCUT2D eigenvalue weighted by Crippen LogP contribution is 2.12. The third-order valence-electron chi connectivity index (χ3n) is 2.30. The van der Waals surface area contributed by atoms with E-state index in [1.54, 1.807) is 6.07 Å². The summed E-state index contributed by atoms with van der Waals surface area (Å²) in [5, 5.41) is 3.02. The van der Waals surface area contributed by atoms with Crippen LogP contribution in [0.3, 0.4) is 0 Å². The Kier molecular flexibility index (Phi) is 4.60. The van der Waals surface area contributed by atoms with E-state index in [9.17, 15) is 4.39 Å². The van der Waals surface area contributed by atoms with Crippen LogP contribution in [0, 0.1) is 5.82 Å². The standard InChI is InChI=1S/C12H18FN/c1-3-4-10-5-6-11(7-8-14-2)12(13)9-10/h5-6,9,14H,3-4,7-8H2,1-2H3. The molecule has 1 rings (SSSR count). The fourth-order valence-electron chi connectivity index (χ4n) is 1.50. The minimum atomic E-state index is -0.0637. The van der Waals surface area contributed by atoms with E-state index in [-0.39, 0.29) is 5.82 Å². The molecule has 1 aromatic rings. The fraction of sp³-hybridized carbons (Fsp3) is 0.500. The molecule has 14 heavy (non-hydrogen) atoms. The van der Waals surface area contributed by atoms with E-state index >= 15 is 0 Å². The van der Waals surface area contributed by atoms with Crippen LogP contribution in [-0.2, 0) is 12.8 Å². The van der Waals surface area contributed by atoms with E-state index < -0.39 is 0 Å². The molecule has 0 saturated heterocycles. The van der Waals surface area contributed by atoms with Crippen LogP contribution >= 0.6 is 0 Å². The molecule has 0 aliphatic rings. The molecule has 1 nitrogen and oxygen atoms in total. The Morgan fingerprint density at radius 2 is 2.07 bits per heavy atom. The van der Waals surface area contributed by atoms with Gasteiger partial charge in [-0.2, -0.15) is 0 Å². The van der Waals surface area contributed by atoms with Crippen molar-refractivity contribution in [3.63, 3.8) is 0 Å². The second-order valence-corrected chi connectivity index (χ2v) is 3.53. The third kappa shape index (κ3) is 3.11. The summed E-state index contributed by atoms with van der Waals surface area (Å²) in [7, 11) is 1.88. The molecule has 1 N–H and O–H groups in total. The molecule has 78 valence electrons. The van der Waals surface area contributed by atoms with Crippen molar-refractivity contribution in [3.05, 3.63) is 35.1 Å². The van der Waals surface area contributed by atoms with Crippen LogP contribution < -0.4 is 5.32 Å². The zero-order valence-corrected chi connectivity index (χ0v) is 8.94. The zero-order chi connectivity index (χ0) is 10.4. The Hall–Kier alpha value is -0.890. The Morgan fingerprint density at radius 3 is 2.64 bits per heavy atom. The van der Waals surface area contributed by atoms with Crippen LogP contribution in [0.1, 0.15) is 24.5 Å². The second-order valence-electron chi connectivity index (χ2n) is 3.53. The summed E-state index contributed by atoms with van der Waals surface area (Å²) in [5.74, 6) is -0.0637. The van der Waals surface area contributed by atoms with Gasteiger partial charge in [0.15, 0.2) is 0 Å². The van der Waals surface area contributed by atoms with Gasteiger partial charge < -0.3 is 5.32 Å². The van der Waals surface area contributed by atoms with Gasteiger partial charge in [-0.1, -0.05) is 25.5 Å². The van der Waals surface area contributed by atoms with Crippen molar-refractivity contribution < 1.29 is 4.39 Å². The van der Waals surface area contributed by atoms with Gasteiger partial charge in [0.05, 0.1) is 0 Å². The number of aryl methyl sites for hydroxylation is 1. The smallest absolute Gasteiger partial charge is 0.126 e. The summed E-state index contributed by atoms with van der Waals surface area (Å²) in [4.78, 5) is 0. The zero-order valence-electron chi connectivity index (χ0n) is 8.94. The van der Waals surface area contributed by atoms with E-state index in [0.717, 1.165) is 36.9 Å². The Balaban J connectivity index is 2.68. The molecule has 0 heterocycles. The van der Waals surface area contributed by atoms with Crippen molar-refractivity contribution in [2.24, 2.45) is 0 Å². The van der Waals surface area contributed by atoms with Gasteiger partial charge in [-0.15, -0.1) is 0 Å². The lowest BCUT2D eigenvalue weighted by molar-refractivity contribution is 0.602. The van der Waals surface area contributed by atoms with Gasteiger partial charge in [0.1, 0.15) is 5.82 Å². The van der Waals surface area contributed by atoms with Gasteiger partial charge in [0.25, 0.3) is 0 Å². The summed E-state index contributed by atoms with van der Waals surface area (Å²) in [6.45, 7) is 2.93. The van der Waals surface area contributed by atoms with Crippen molar-refractivity contribution in [1.29, 1.82) is 0 Å². The monoisotopic (exact) mass is 195 g/mol. The molecule has 2 heteroatoms. The van der Waals surface area contributed by atoms with E-state index in [1.165, 1.54) is 0 Å². The molecule has 0 saturated carbocycles. The summed E-state index contributed by atoms with van der Waals surface area (Å²) in [6.07, 6.45) is 2.78. The van der Waals surface area contributed by atoms with Crippen molar-refractivity contribution in [1.82, 2.24) is 5.32 Å². The number of benzene rings is 1. The first-order valence-electron chi connectivity index (χ1n) is 5.19. The van der Waals surface area contributed by atoms with Crippen molar-refractivity contribution >= 4 is 0 Å². The number of hydrogen-bond donors (Lipinski definition) is 1. The molecular weight excluding hydrogens is 177 g/mol. The van der Waals surface area contributed by atoms with Gasteiger partial charge >= 0.3 is 0 Å². The average molecular weight is 195 g/mol. The van der Waals surface area contributed by atoms with Crippen molar-refractivity contribution in [2.45, 2.75) is 26.2 Å². The SMILES string of the molecule is CCCc1ccc(CCNC)c(F)c1. The van der Waals surface area contributed by atoms with Crippen LogP contribution in [0.5, 0.6) is 0 Å². The summed E-state index contributed by atoms with van der Waals surface area (Å²) < 4.78 is 13.5. The highest BCUT2D eigenvalue weighted by molar-refractivity contribution is 5.24. The van der Waals surface area contributed by atoms with Crippen LogP contribution in [0.15, 0.2) is 18.2 Å². The van der Waals surface area contributed by atoms with E-state index in [4.69, 9.17) is 0 Å². The van der Waals surface area contributed by atoms with Crippen LogP contribution in [-0.4, -0.2) is 13.6 Å². The predicted octanol–water partition coefficient (Wildman–Crippen LogP) is 2.54. The number of likely N-dealkylation sites (N-methyl/N-ethyl adjacent to an activating group) is 1. The topological polar surface area (TPSA) is 12.0 Å². The second kappa shape index (κ2) is 5.76. The first kappa shape index (κ1) is 11.2. The lowest BCUT2D eigenvalue weighted by atomic mass is 10.1.